The first-order chi connectivity index (χ1) is 8.04. The van der Waals surface area contributed by atoms with Crippen LogP contribution in [0.25, 0.3) is 0 Å². The molecular formula is C13H23NO3. The third-order valence-electron chi connectivity index (χ3n) is 3.75. The Labute approximate surface area is 103 Å². The Balaban J connectivity index is 2.31. The average Bonchev–Trinajstić information content (AvgIpc) is 2.30. The van der Waals surface area contributed by atoms with Crippen LogP contribution in [0.3, 0.4) is 0 Å². The van der Waals surface area contributed by atoms with Gasteiger partial charge in [0.15, 0.2) is 0 Å². The van der Waals surface area contributed by atoms with Crippen molar-refractivity contribution < 1.29 is 14.7 Å². The lowest BCUT2D eigenvalue weighted by Crippen LogP contribution is -2.37. The summed E-state index contributed by atoms with van der Waals surface area (Å²) in [6.45, 7) is 4.30. The van der Waals surface area contributed by atoms with E-state index in [4.69, 9.17) is 5.11 Å². The van der Waals surface area contributed by atoms with Crippen molar-refractivity contribution >= 4 is 11.9 Å². The summed E-state index contributed by atoms with van der Waals surface area (Å²) >= 11 is 0. The van der Waals surface area contributed by atoms with E-state index in [0.29, 0.717) is 6.42 Å². The van der Waals surface area contributed by atoms with Gasteiger partial charge in [-0.05, 0) is 38.0 Å². The minimum atomic E-state index is -0.829. The number of amides is 1. The summed E-state index contributed by atoms with van der Waals surface area (Å²) in [5.41, 5.74) is 0. The van der Waals surface area contributed by atoms with E-state index in [9.17, 15) is 9.59 Å². The second kappa shape index (κ2) is 6.62. The molecule has 1 amide bonds. The van der Waals surface area contributed by atoms with E-state index in [0.717, 1.165) is 31.6 Å². The number of carboxylic acid groups (broad SMARTS) is 1. The minimum Gasteiger partial charge on any atom is -0.481 e. The SMILES string of the molecule is CCC(CNC(=O)C1CCC(C)CC1)C(=O)O. The molecule has 0 bridgehead atoms. The van der Waals surface area contributed by atoms with Crippen molar-refractivity contribution in [1.29, 1.82) is 0 Å². The quantitative estimate of drug-likeness (QED) is 0.774. The zero-order chi connectivity index (χ0) is 12.8. The van der Waals surface area contributed by atoms with Gasteiger partial charge in [-0.1, -0.05) is 13.8 Å². The third kappa shape index (κ3) is 4.36. The fraction of sp³-hybridized carbons (Fsp3) is 0.846. The largest absolute Gasteiger partial charge is 0.481 e. The molecule has 4 nitrogen and oxygen atoms in total. The molecule has 1 unspecified atom stereocenters. The van der Waals surface area contributed by atoms with Crippen LogP contribution in [0, 0.1) is 17.8 Å². The molecule has 98 valence electrons. The summed E-state index contributed by atoms with van der Waals surface area (Å²) in [6.07, 6.45) is 4.65. The molecule has 1 aliphatic carbocycles. The predicted molar refractivity (Wildman–Crippen MR) is 65.5 cm³/mol. The first-order valence-corrected chi connectivity index (χ1v) is 6.55. The van der Waals surface area contributed by atoms with E-state index >= 15 is 0 Å². The monoisotopic (exact) mass is 241 g/mol. The smallest absolute Gasteiger partial charge is 0.308 e. The number of rotatable bonds is 5. The number of nitrogens with one attached hydrogen (secondary N) is 1. The Bertz CT molecular complexity index is 270. The second-order valence-electron chi connectivity index (χ2n) is 5.15. The van der Waals surface area contributed by atoms with Crippen LogP contribution in [0.2, 0.25) is 0 Å². The maximum absolute atomic E-state index is 11.8. The van der Waals surface area contributed by atoms with Crippen molar-refractivity contribution in [3.05, 3.63) is 0 Å². The van der Waals surface area contributed by atoms with Crippen LogP contribution in [0.1, 0.15) is 46.0 Å². The van der Waals surface area contributed by atoms with E-state index < -0.39 is 11.9 Å². The first kappa shape index (κ1) is 14.0. The number of hydrogen-bond donors (Lipinski definition) is 2. The molecule has 1 saturated carbocycles. The highest BCUT2D eigenvalue weighted by Gasteiger charge is 2.25. The molecule has 1 atom stereocenters. The van der Waals surface area contributed by atoms with E-state index in [1.54, 1.807) is 0 Å². The Kier molecular flexibility index (Phi) is 5.45. The van der Waals surface area contributed by atoms with Crippen molar-refractivity contribution in [2.45, 2.75) is 46.0 Å². The van der Waals surface area contributed by atoms with E-state index in [2.05, 4.69) is 12.2 Å². The molecule has 0 heterocycles. The van der Waals surface area contributed by atoms with Crippen molar-refractivity contribution in [3.63, 3.8) is 0 Å². The fourth-order valence-electron chi connectivity index (χ4n) is 2.30. The Morgan fingerprint density at radius 2 is 1.88 bits per heavy atom. The predicted octanol–water partition coefficient (Wildman–Crippen LogP) is 2.04. The molecule has 1 fully saturated rings. The average molecular weight is 241 g/mol. The lowest BCUT2D eigenvalue weighted by atomic mass is 9.82. The molecule has 0 aromatic heterocycles. The molecule has 2 N–H and O–H groups in total. The van der Waals surface area contributed by atoms with Gasteiger partial charge >= 0.3 is 5.97 Å². The summed E-state index contributed by atoms with van der Waals surface area (Å²) < 4.78 is 0. The van der Waals surface area contributed by atoms with Gasteiger partial charge in [-0.15, -0.1) is 0 Å². The van der Waals surface area contributed by atoms with Gasteiger partial charge in [0, 0.05) is 12.5 Å². The highest BCUT2D eigenvalue weighted by atomic mass is 16.4. The molecule has 4 heteroatoms. The van der Waals surface area contributed by atoms with Gasteiger partial charge in [0.2, 0.25) is 5.91 Å². The maximum atomic E-state index is 11.8. The summed E-state index contributed by atoms with van der Waals surface area (Å²) in [6, 6.07) is 0. The van der Waals surface area contributed by atoms with Gasteiger partial charge < -0.3 is 10.4 Å². The van der Waals surface area contributed by atoms with Crippen molar-refractivity contribution in [3.8, 4) is 0 Å². The van der Waals surface area contributed by atoms with Crippen LogP contribution < -0.4 is 5.32 Å². The van der Waals surface area contributed by atoms with Crippen molar-refractivity contribution in [2.24, 2.45) is 17.8 Å². The Hall–Kier alpha value is -1.06. The number of carbonyl (C=O) groups excluding carboxylic acids is 1. The van der Waals surface area contributed by atoms with Gasteiger partial charge in [0.05, 0.1) is 5.92 Å². The van der Waals surface area contributed by atoms with Gasteiger partial charge in [-0.25, -0.2) is 0 Å². The fourth-order valence-corrected chi connectivity index (χ4v) is 2.30. The van der Waals surface area contributed by atoms with Crippen LogP contribution in [0.4, 0.5) is 0 Å². The van der Waals surface area contributed by atoms with Gasteiger partial charge in [0.25, 0.3) is 0 Å². The minimum absolute atomic E-state index is 0.0385. The summed E-state index contributed by atoms with van der Waals surface area (Å²) in [5, 5.41) is 11.7. The zero-order valence-electron chi connectivity index (χ0n) is 10.7. The third-order valence-corrected chi connectivity index (χ3v) is 3.75. The van der Waals surface area contributed by atoms with Gasteiger partial charge in [0.1, 0.15) is 0 Å². The molecule has 17 heavy (non-hydrogen) atoms. The Morgan fingerprint density at radius 3 is 2.35 bits per heavy atom. The van der Waals surface area contributed by atoms with Crippen molar-refractivity contribution in [2.75, 3.05) is 6.54 Å². The second-order valence-corrected chi connectivity index (χ2v) is 5.15. The maximum Gasteiger partial charge on any atom is 0.308 e. The van der Waals surface area contributed by atoms with Crippen LogP contribution >= 0.6 is 0 Å². The normalized spacial score (nSPS) is 26.2. The van der Waals surface area contributed by atoms with Crippen LogP contribution in [-0.4, -0.2) is 23.5 Å². The Morgan fingerprint density at radius 1 is 1.29 bits per heavy atom. The molecule has 1 aliphatic rings. The van der Waals surface area contributed by atoms with Gasteiger partial charge in [-0.2, -0.15) is 0 Å². The standard InChI is InChI=1S/C13H23NO3/c1-3-10(13(16)17)8-14-12(15)11-6-4-9(2)5-7-11/h9-11H,3-8H2,1-2H3,(H,14,15)(H,16,17). The molecule has 0 aromatic rings. The van der Waals surface area contributed by atoms with E-state index in [-0.39, 0.29) is 18.4 Å². The van der Waals surface area contributed by atoms with E-state index in [1.165, 1.54) is 0 Å². The van der Waals surface area contributed by atoms with E-state index in [1.807, 2.05) is 6.92 Å². The van der Waals surface area contributed by atoms with Gasteiger partial charge in [-0.3, -0.25) is 9.59 Å². The molecule has 0 saturated heterocycles. The first-order valence-electron chi connectivity index (χ1n) is 6.55. The number of carbonyl (C=O) groups is 2. The zero-order valence-corrected chi connectivity index (χ0v) is 10.7. The molecule has 0 spiro atoms. The molecule has 0 aromatic carbocycles. The van der Waals surface area contributed by atoms with Crippen molar-refractivity contribution in [1.82, 2.24) is 5.32 Å². The van der Waals surface area contributed by atoms with Crippen LogP contribution in [0.5, 0.6) is 0 Å². The molecule has 1 rings (SSSR count). The number of hydrogen-bond acceptors (Lipinski definition) is 2. The topological polar surface area (TPSA) is 66.4 Å². The highest BCUT2D eigenvalue weighted by molar-refractivity contribution is 5.79. The van der Waals surface area contributed by atoms with Crippen LogP contribution in [0.15, 0.2) is 0 Å². The number of aliphatic carboxylic acids is 1. The molecule has 0 aliphatic heterocycles. The number of carboxylic acids is 1. The molecule has 0 radical (unpaired) electrons. The summed E-state index contributed by atoms with van der Waals surface area (Å²) in [4.78, 5) is 22.7. The highest BCUT2D eigenvalue weighted by Crippen LogP contribution is 2.28. The lowest BCUT2D eigenvalue weighted by molar-refractivity contribution is -0.141. The van der Waals surface area contributed by atoms with Crippen LogP contribution in [-0.2, 0) is 9.59 Å². The summed E-state index contributed by atoms with van der Waals surface area (Å²) in [5.74, 6) is -0.429. The lowest BCUT2D eigenvalue weighted by Gasteiger charge is -2.25. The summed E-state index contributed by atoms with van der Waals surface area (Å²) in [7, 11) is 0. The molecular weight excluding hydrogens is 218 g/mol.